The lowest BCUT2D eigenvalue weighted by Gasteiger charge is -2.04. The van der Waals surface area contributed by atoms with Crippen LogP contribution in [0.15, 0.2) is 23.8 Å². The Hall–Kier alpha value is -1.09. The van der Waals surface area contributed by atoms with Crippen LogP contribution in [0.1, 0.15) is 6.42 Å². The van der Waals surface area contributed by atoms with Crippen molar-refractivity contribution >= 4 is 5.97 Å². The van der Waals surface area contributed by atoms with Gasteiger partial charge in [-0.25, -0.2) is 4.79 Å². The van der Waals surface area contributed by atoms with Gasteiger partial charge in [0.15, 0.2) is 6.10 Å². The molecule has 0 aromatic rings. The zero-order chi connectivity index (χ0) is 7.56. The van der Waals surface area contributed by atoms with E-state index in [0.29, 0.717) is 12.0 Å². The van der Waals surface area contributed by atoms with Crippen LogP contribution in [0.3, 0.4) is 0 Å². The number of aliphatic hydroxyl groups excluding tert-OH is 1. The number of allylic oxidation sites excluding steroid dienone is 3. The smallest absolute Gasteiger partial charge is 0.336 e. The van der Waals surface area contributed by atoms with Crippen LogP contribution < -0.4 is 0 Å². The van der Waals surface area contributed by atoms with E-state index in [0.717, 1.165) is 0 Å². The summed E-state index contributed by atoms with van der Waals surface area (Å²) in [6, 6.07) is 0. The Bertz CT molecular complexity index is 203. The van der Waals surface area contributed by atoms with E-state index >= 15 is 0 Å². The van der Waals surface area contributed by atoms with Gasteiger partial charge in [-0.2, -0.15) is 0 Å². The number of carboxylic acids is 1. The van der Waals surface area contributed by atoms with Gasteiger partial charge in [0.25, 0.3) is 0 Å². The van der Waals surface area contributed by atoms with Crippen LogP contribution in [0.4, 0.5) is 0 Å². The topological polar surface area (TPSA) is 57.5 Å². The highest BCUT2D eigenvalue weighted by molar-refractivity contribution is 5.76. The molecule has 1 unspecified atom stereocenters. The predicted molar refractivity (Wildman–Crippen MR) is 35.5 cm³/mol. The summed E-state index contributed by atoms with van der Waals surface area (Å²) in [5.41, 5.74) is 0.549. The summed E-state index contributed by atoms with van der Waals surface area (Å²) in [6.07, 6.45) is 4.39. The van der Waals surface area contributed by atoms with E-state index in [4.69, 9.17) is 10.2 Å². The van der Waals surface area contributed by atoms with Gasteiger partial charge < -0.3 is 10.2 Å². The van der Waals surface area contributed by atoms with E-state index in [-0.39, 0.29) is 0 Å². The van der Waals surface area contributed by atoms with Crippen LogP contribution in [0.2, 0.25) is 0 Å². The molecule has 3 heteroatoms. The molecule has 0 amide bonds. The molecule has 0 saturated carbocycles. The maximum absolute atomic E-state index is 10.2. The van der Waals surface area contributed by atoms with Crippen molar-refractivity contribution in [3.8, 4) is 0 Å². The fourth-order valence-corrected chi connectivity index (χ4v) is 0.825. The lowest BCUT2D eigenvalue weighted by atomic mass is 10.1. The summed E-state index contributed by atoms with van der Waals surface area (Å²) in [7, 11) is 0. The van der Waals surface area contributed by atoms with E-state index in [2.05, 4.69) is 0 Å². The van der Waals surface area contributed by atoms with Crippen LogP contribution in [0, 0.1) is 0 Å². The molecule has 0 aromatic heterocycles. The molecule has 10 heavy (non-hydrogen) atoms. The van der Waals surface area contributed by atoms with Gasteiger partial charge in [0.05, 0.1) is 0 Å². The molecule has 0 aromatic carbocycles. The molecule has 3 nitrogen and oxygen atoms in total. The summed E-state index contributed by atoms with van der Waals surface area (Å²) < 4.78 is 0. The van der Waals surface area contributed by atoms with Crippen molar-refractivity contribution in [2.45, 2.75) is 12.5 Å². The van der Waals surface area contributed by atoms with Gasteiger partial charge >= 0.3 is 5.97 Å². The lowest BCUT2D eigenvalue weighted by Crippen LogP contribution is -2.20. The molecule has 1 aliphatic rings. The molecule has 1 atom stereocenters. The molecule has 0 spiro atoms. The van der Waals surface area contributed by atoms with Gasteiger partial charge in [-0.3, -0.25) is 0 Å². The van der Waals surface area contributed by atoms with Gasteiger partial charge in [-0.05, 0) is 12.0 Å². The second-order valence-electron chi connectivity index (χ2n) is 2.11. The first-order valence-electron chi connectivity index (χ1n) is 2.98. The van der Waals surface area contributed by atoms with Crippen LogP contribution in [0.25, 0.3) is 0 Å². The summed E-state index contributed by atoms with van der Waals surface area (Å²) in [6.45, 7) is 0. The van der Waals surface area contributed by atoms with Gasteiger partial charge in [-0.15, -0.1) is 0 Å². The number of carboxylic acid groups (broad SMARTS) is 1. The number of carbonyl (C=O) groups is 1. The minimum absolute atomic E-state index is 0.549. The van der Waals surface area contributed by atoms with E-state index in [1.54, 1.807) is 12.2 Å². The molecular formula is C7H8O3. The van der Waals surface area contributed by atoms with Crippen LogP contribution in [-0.4, -0.2) is 22.3 Å². The summed E-state index contributed by atoms with van der Waals surface area (Å²) >= 11 is 0. The average molecular weight is 140 g/mol. The molecule has 54 valence electrons. The standard InChI is InChI=1S/C7H8O3/c8-6(7(9)10)5-3-1-2-4-5/h1-3,6,8H,4H2,(H,9,10). The monoisotopic (exact) mass is 140 g/mol. The molecule has 1 aliphatic carbocycles. The Morgan fingerprint density at radius 1 is 1.70 bits per heavy atom. The second kappa shape index (κ2) is 2.66. The quantitative estimate of drug-likeness (QED) is 0.580. The van der Waals surface area contributed by atoms with Gasteiger partial charge in [0, 0.05) is 0 Å². The van der Waals surface area contributed by atoms with E-state index in [1.807, 2.05) is 6.08 Å². The summed E-state index contributed by atoms with van der Waals surface area (Å²) in [5, 5.41) is 17.2. The third kappa shape index (κ3) is 1.25. The SMILES string of the molecule is O=C(O)C(O)C1=CC=CC1. The second-order valence-corrected chi connectivity index (χ2v) is 2.11. The predicted octanol–water partition coefficient (Wildman–Crippen LogP) is 0.318. The minimum Gasteiger partial charge on any atom is -0.479 e. The molecule has 0 radical (unpaired) electrons. The van der Waals surface area contributed by atoms with E-state index < -0.39 is 12.1 Å². The molecule has 1 rings (SSSR count). The Morgan fingerprint density at radius 2 is 2.40 bits per heavy atom. The Balaban J connectivity index is 2.59. The number of aliphatic carboxylic acids is 1. The number of aliphatic hydroxyl groups is 1. The summed E-state index contributed by atoms with van der Waals surface area (Å²) in [5.74, 6) is -1.19. The maximum Gasteiger partial charge on any atom is 0.336 e. The van der Waals surface area contributed by atoms with Gasteiger partial charge in [0.1, 0.15) is 0 Å². The fourth-order valence-electron chi connectivity index (χ4n) is 0.825. The molecule has 0 saturated heterocycles. The normalized spacial score (nSPS) is 18.7. The first-order chi connectivity index (χ1) is 4.72. The third-order valence-electron chi connectivity index (χ3n) is 1.39. The van der Waals surface area contributed by atoms with Crippen LogP contribution in [-0.2, 0) is 4.79 Å². The first kappa shape index (κ1) is 7.02. The number of hydrogen-bond donors (Lipinski definition) is 2. The van der Waals surface area contributed by atoms with Gasteiger partial charge in [0.2, 0.25) is 0 Å². The molecule has 0 heterocycles. The van der Waals surface area contributed by atoms with Crippen molar-refractivity contribution in [3.05, 3.63) is 23.8 Å². The lowest BCUT2D eigenvalue weighted by molar-refractivity contribution is -0.144. The fraction of sp³-hybridized carbons (Fsp3) is 0.286. The first-order valence-corrected chi connectivity index (χ1v) is 2.98. The highest BCUT2D eigenvalue weighted by atomic mass is 16.4. The zero-order valence-electron chi connectivity index (χ0n) is 5.32. The van der Waals surface area contributed by atoms with Crippen molar-refractivity contribution in [2.75, 3.05) is 0 Å². The van der Waals surface area contributed by atoms with E-state index in [9.17, 15) is 4.79 Å². The largest absolute Gasteiger partial charge is 0.479 e. The molecule has 0 bridgehead atoms. The number of hydrogen-bond acceptors (Lipinski definition) is 2. The molecule has 2 N–H and O–H groups in total. The molecular weight excluding hydrogens is 132 g/mol. The van der Waals surface area contributed by atoms with Crippen molar-refractivity contribution in [3.63, 3.8) is 0 Å². The van der Waals surface area contributed by atoms with Crippen molar-refractivity contribution < 1.29 is 15.0 Å². The highest BCUT2D eigenvalue weighted by Gasteiger charge is 2.18. The third-order valence-corrected chi connectivity index (χ3v) is 1.39. The van der Waals surface area contributed by atoms with Crippen LogP contribution >= 0.6 is 0 Å². The van der Waals surface area contributed by atoms with Crippen molar-refractivity contribution in [1.29, 1.82) is 0 Å². The Labute approximate surface area is 58.3 Å². The molecule has 0 fully saturated rings. The Morgan fingerprint density at radius 3 is 2.80 bits per heavy atom. The van der Waals surface area contributed by atoms with E-state index in [1.165, 1.54) is 0 Å². The maximum atomic E-state index is 10.2. The summed E-state index contributed by atoms with van der Waals surface area (Å²) in [4.78, 5) is 10.2. The van der Waals surface area contributed by atoms with Crippen molar-refractivity contribution in [1.82, 2.24) is 0 Å². The van der Waals surface area contributed by atoms with Gasteiger partial charge in [-0.1, -0.05) is 18.2 Å². The molecule has 0 aliphatic heterocycles. The number of rotatable bonds is 2. The average Bonchev–Trinajstić information content (AvgIpc) is 2.36. The van der Waals surface area contributed by atoms with Crippen LogP contribution in [0.5, 0.6) is 0 Å². The zero-order valence-corrected chi connectivity index (χ0v) is 5.32. The highest BCUT2D eigenvalue weighted by Crippen LogP contribution is 2.14. The minimum atomic E-state index is -1.32. The van der Waals surface area contributed by atoms with Crippen molar-refractivity contribution in [2.24, 2.45) is 0 Å². The Kier molecular flexibility index (Phi) is 1.87.